The molecule has 0 aromatic heterocycles. The third-order valence-corrected chi connectivity index (χ3v) is 3.79. The first-order chi connectivity index (χ1) is 8.04. The summed E-state index contributed by atoms with van der Waals surface area (Å²) in [5.41, 5.74) is -0.169. The predicted molar refractivity (Wildman–Crippen MR) is 70.1 cm³/mol. The van der Waals surface area contributed by atoms with Crippen LogP contribution in [0, 0.1) is 0 Å². The van der Waals surface area contributed by atoms with Crippen LogP contribution in [-0.2, 0) is 4.74 Å². The molecule has 0 radical (unpaired) electrons. The van der Waals surface area contributed by atoms with Crippen LogP contribution in [0.3, 0.4) is 0 Å². The highest BCUT2D eigenvalue weighted by Gasteiger charge is 2.37. The number of rotatable bonds is 5. The molecule has 0 unspecified atom stereocenters. The zero-order valence-corrected chi connectivity index (χ0v) is 11.8. The van der Waals surface area contributed by atoms with Crippen molar-refractivity contribution in [1.29, 1.82) is 0 Å². The van der Waals surface area contributed by atoms with Crippen LogP contribution in [0.1, 0.15) is 66.2 Å². The van der Waals surface area contributed by atoms with Crippen LogP contribution in [0.5, 0.6) is 0 Å². The Morgan fingerprint density at radius 2 is 1.88 bits per heavy atom. The fraction of sp³-hybridized carbons (Fsp3) is 0.929. The van der Waals surface area contributed by atoms with Crippen molar-refractivity contribution in [3.05, 3.63) is 0 Å². The van der Waals surface area contributed by atoms with E-state index >= 15 is 0 Å². The fourth-order valence-corrected chi connectivity index (χ4v) is 2.59. The Balaban J connectivity index is 2.61. The van der Waals surface area contributed by atoms with Crippen molar-refractivity contribution < 1.29 is 9.53 Å². The van der Waals surface area contributed by atoms with E-state index in [-0.39, 0.29) is 17.7 Å². The summed E-state index contributed by atoms with van der Waals surface area (Å²) in [7, 11) is 0. The number of hydrogen-bond acceptors (Lipinski definition) is 2. The Morgan fingerprint density at radius 1 is 1.29 bits per heavy atom. The minimum atomic E-state index is -0.169. The molecule has 100 valence electrons. The molecule has 1 fully saturated rings. The van der Waals surface area contributed by atoms with Gasteiger partial charge >= 0.3 is 6.09 Å². The van der Waals surface area contributed by atoms with Gasteiger partial charge in [0.05, 0.1) is 0 Å². The summed E-state index contributed by atoms with van der Waals surface area (Å²) in [6.45, 7) is 9.09. The molecule has 0 aromatic carbocycles. The summed E-state index contributed by atoms with van der Waals surface area (Å²) in [5, 5.41) is 0. The van der Waals surface area contributed by atoms with Crippen LogP contribution in [0.25, 0.3) is 0 Å². The third kappa shape index (κ3) is 3.62. The van der Waals surface area contributed by atoms with Crippen LogP contribution in [-0.4, -0.2) is 29.2 Å². The van der Waals surface area contributed by atoms with E-state index in [2.05, 4.69) is 13.8 Å². The van der Waals surface area contributed by atoms with Gasteiger partial charge in [0.25, 0.3) is 0 Å². The molecule has 0 spiro atoms. The maximum atomic E-state index is 12.2. The Kier molecular flexibility index (Phi) is 5.29. The average Bonchev–Trinajstić information content (AvgIpc) is 2.74. The third-order valence-electron chi connectivity index (χ3n) is 3.79. The maximum absolute atomic E-state index is 12.2. The molecule has 0 aromatic rings. The molecule has 1 aliphatic rings. The quantitative estimate of drug-likeness (QED) is 0.729. The van der Waals surface area contributed by atoms with E-state index in [0.29, 0.717) is 0 Å². The molecule has 0 aliphatic heterocycles. The van der Waals surface area contributed by atoms with E-state index in [4.69, 9.17) is 4.74 Å². The van der Waals surface area contributed by atoms with E-state index in [0.717, 1.165) is 32.2 Å². The zero-order chi connectivity index (χ0) is 12.9. The van der Waals surface area contributed by atoms with Crippen molar-refractivity contribution in [3.8, 4) is 0 Å². The van der Waals surface area contributed by atoms with Gasteiger partial charge in [-0.05, 0) is 52.4 Å². The molecular weight excluding hydrogens is 214 g/mol. The number of hydrogen-bond donors (Lipinski definition) is 0. The lowest BCUT2D eigenvalue weighted by Crippen LogP contribution is -2.43. The Morgan fingerprint density at radius 3 is 2.29 bits per heavy atom. The van der Waals surface area contributed by atoms with Crippen LogP contribution < -0.4 is 0 Å². The topological polar surface area (TPSA) is 29.5 Å². The first-order valence-electron chi connectivity index (χ1n) is 7.04. The van der Waals surface area contributed by atoms with Gasteiger partial charge in [0, 0.05) is 12.6 Å². The molecule has 0 N–H and O–H groups in total. The van der Waals surface area contributed by atoms with Crippen molar-refractivity contribution in [2.75, 3.05) is 6.54 Å². The summed E-state index contributed by atoms with van der Waals surface area (Å²) in [6, 6.07) is 0.220. The van der Waals surface area contributed by atoms with Gasteiger partial charge in [-0.15, -0.1) is 0 Å². The number of carbonyl (C=O) groups excluding carboxylic acids is 1. The zero-order valence-electron chi connectivity index (χ0n) is 11.8. The average molecular weight is 241 g/mol. The molecule has 1 saturated carbocycles. The first-order valence-corrected chi connectivity index (χ1v) is 7.04. The lowest BCUT2D eigenvalue weighted by molar-refractivity contribution is -0.0127. The van der Waals surface area contributed by atoms with Gasteiger partial charge in [-0.3, -0.25) is 0 Å². The normalized spacial score (nSPS) is 18.4. The molecule has 1 rings (SSSR count). The lowest BCUT2D eigenvalue weighted by Gasteiger charge is -2.33. The molecule has 3 nitrogen and oxygen atoms in total. The molecule has 0 heterocycles. The maximum Gasteiger partial charge on any atom is 0.410 e. The van der Waals surface area contributed by atoms with Crippen molar-refractivity contribution >= 4 is 6.09 Å². The van der Waals surface area contributed by atoms with Gasteiger partial charge in [-0.1, -0.05) is 13.8 Å². The Hall–Kier alpha value is -0.730. The molecule has 1 aliphatic carbocycles. The number of nitrogens with zero attached hydrogens (tertiary/aromatic N) is 1. The fourth-order valence-electron chi connectivity index (χ4n) is 2.59. The van der Waals surface area contributed by atoms with E-state index < -0.39 is 0 Å². The van der Waals surface area contributed by atoms with Crippen molar-refractivity contribution in [2.45, 2.75) is 77.9 Å². The van der Waals surface area contributed by atoms with Crippen LogP contribution in [0.2, 0.25) is 0 Å². The van der Waals surface area contributed by atoms with Gasteiger partial charge in [0.1, 0.15) is 5.60 Å². The summed E-state index contributed by atoms with van der Waals surface area (Å²) in [5.74, 6) is 0. The number of ether oxygens (including phenoxy) is 1. The highest BCUT2D eigenvalue weighted by molar-refractivity contribution is 5.68. The SMILES string of the molecule is CCCN(C(=O)OC1(CC)CCCC1)C(C)C. The van der Waals surface area contributed by atoms with E-state index in [1.165, 1.54) is 12.8 Å². The minimum absolute atomic E-state index is 0.120. The molecule has 1 amide bonds. The van der Waals surface area contributed by atoms with Crippen LogP contribution in [0.15, 0.2) is 0 Å². The largest absolute Gasteiger partial charge is 0.443 e. The Labute approximate surface area is 106 Å². The van der Waals surface area contributed by atoms with E-state index in [1.54, 1.807) is 0 Å². The summed E-state index contributed by atoms with van der Waals surface area (Å²) in [4.78, 5) is 14.0. The summed E-state index contributed by atoms with van der Waals surface area (Å²) in [6.07, 6.45) is 6.25. The second kappa shape index (κ2) is 6.27. The van der Waals surface area contributed by atoms with Crippen molar-refractivity contribution in [3.63, 3.8) is 0 Å². The standard InChI is InChI=1S/C14H27NO2/c1-5-11-15(12(3)4)13(16)17-14(6-2)9-7-8-10-14/h12H,5-11H2,1-4H3. The minimum Gasteiger partial charge on any atom is -0.443 e. The summed E-state index contributed by atoms with van der Waals surface area (Å²) >= 11 is 0. The second-order valence-corrected chi connectivity index (χ2v) is 5.40. The predicted octanol–water partition coefficient (Wildman–Crippen LogP) is 3.97. The Bertz CT molecular complexity index is 245. The van der Waals surface area contributed by atoms with E-state index in [1.807, 2.05) is 18.7 Å². The molecule has 17 heavy (non-hydrogen) atoms. The highest BCUT2D eigenvalue weighted by atomic mass is 16.6. The van der Waals surface area contributed by atoms with E-state index in [9.17, 15) is 4.79 Å². The van der Waals surface area contributed by atoms with Gasteiger partial charge in [0.15, 0.2) is 0 Å². The lowest BCUT2D eigenvalue weighted by atomic mass is 9.99. The van der Waals surface area contributed by atoms with Gasteiger partial charge in [-0.25, -0.2) is 4.79 Å². The molecule has 0 saturated heterocycles. The van der Waals surface area contributed by atoms with Gasteiger partial charge < -0.3 is 9.64 Å². The highest BCUT2D eigenvalue weighted by Crippen LogP contribution is 2.36. The monoisotopic (exact) mass is 241 g/mol. The van der Waals surface area contributed by atoms with Crippen LogP contribution >= 0.6 is 0 Å². The molecule has 0 atom stereocenters. The van der Waals surface area contributed by atoms with Crippen molar-refractivity contribution in [1.82, 2.24) is 4.90 Å². The van der Waals surface area contributed by atoms with Crippen LogP contribution in [0.4, 0.5) is 4.79 Å². The molecule has 0 bridgehead atoms. The van der Waals surface area contributed by atoms with Gasteiger partial charge in [0.2, 0.25) is 0 Å². The molecule has 3 heteroatoms. The summed E-state index contributed by atoms with van der Waals surface area (Å²) < 4.78 is 5.81. The smallest absolute Gasteiger partial charge is 0.410 e. The van der Waals surface area contributed by atoms with Gasteiger partial charge in [-0.2, -0.15) is 0 Å². The first kappa shape index (κ1) is 14.3. The molecular formula is C14H27NO2. The van der Waals surface area contributed by atoms with Crippen molar-refractivity contribution in [2.24, 2.45) is 0 Å². The number of amides is 1. The second-order valence-electron chi connectivity index (χ2n) is 5.40. The number of carbonyl (C=O) groups is 1.